The molecule has 0 saturated heterocycles. The van der Waals surface area contributed by atoms with Gasteiger partial charge < -0.3 is 11.1 Å². The Balaban J connectivity index is 2.85. The first-order chi connectivity index (χ1) is 9.31. The highest BCUT2D eigenvalue weighted by atomic mass is 16.2. The summed E-state index contributed by atoms with van der Waals surface area (Å²) in [7, 11) is 0. The van der Waals surface area contributed by atoms with Gasteiger partial charge in [0.05, 0.1) is 6.42 Å². The fraction of sp³-hybridized carbons (Fsp3) is 0.500. The molecular formula is C16H24N2O2. The van der Waals surface area contributed by atoms with Gasteiger partial charge in [0, 0.05) is 0 Å². The Morgan fingerprint density at radius 3 is 2.45 bits per heavy atom. The Kier molecular flexibility index (Phi) is 5.31. The fourth-order valence-corrected chi connectivity index (χ4v) is 2.46. The number of carbonyl (C=O) groups is 2. The molecule has 0 spiro atoms. The molecule has 0 fully saturated rings. The van der Waals surface area contributed by atoms with Crippen molar-refractivity contribution in [1.29, 1.82) is 0 Å². The first kappa shape index (κ1) is 16.2. The lowest BCUT2D eigenvalue weighted by Crippen LogP contribution is -2.60. The largest absolute Gasteiger partial charge is 0.368 e. The molecule has 0 aliphatic heterocycles. The minimum Gasteiger partial charge on any atom is -0.368 e. The summed E-state index contributed by atoms with van der Waals surface area (Å²) in [6.45, 7) is 7.62. The van der Waals surface area contributed by atoms with Gasteiger partial charge in [0.15, 0.2) is 0 Å². The molecule has 4 heteroatoms. The summed E-state index contributed by atoms with van der Waals surface area (Å²) in [6, 6.07) is 7.77. The molecule has 1 rings (SSSR count). The molecule has 20 heavy (non-hydrogen) atoms. The van der Waals surface area contributed by atoms with Crippen molar-refractivity contribution in [1.82, 2.24) is 5.32 Å². The van der Waals surface area contributed by atoms with Crippen LogP contribution >= 0.6 is 0 Å². The van der Waals surface area contributed by atoms with Crippen LogP contribution < -0.4 is 11.1 Å². The SMILES string of the molecule is CC[C@@](NC(=O)Cc1cccc(C)c1)(C(N)=O)C(C)C. The summed E-state index contributed by atoms with van der Waals surface area (Å²) in [4.78, 5) is 23.9. The quantitative estimate of drug-likeness (QED) is 0.833. The van der Waals surface area contributed by atoms with Crippen LogP contribution in [0.1, 0.15) is 38.3 Å². The van der Waals surface area contributed by atoms with Crippen LogP contribution in [0, 0.1) is 12.8 Å². The predicted molar refractivity (Wildman–Crippen MR) is 80.1 cm³/mol. The first-order valence-electron chi connectivity index (χ1n) is 6.98. The maximum absolute atomic E-state index is 12.2. The van der Waals surface area contributed by atoms with Crippen molar-refractivity contribution < 1.29 is 9.59 Å². The highest BCUT2D eigenvalue weighted by Crippen LogP contribution is 2.21. The van der Waals surface area contributed by atoms with Gasteiger partial charge in [-0.2, -0.15) is 0 Å². The molecule has 0 bridgehead atoms. The van der Waals surface area contributed by atoms with Crippen molar-refractivity contribution in [3.63, 3.8) is 0 Å². The average Bonchev–Trinajstić information content (AvgIpc) is 2.35. The number of aryl methyl sites for hydroxylation is 1. The number of rotatable bonds is 6. The van der Waals surface area contributed by atoms with E-state index < -0.39 is 11.4 Å². The van der Waals surface area contributed by atoms with Crippen molar-refractivity contribution in [2.24, 2.45) is 11.7 Å². The molecule has 0 unspecified atom stereocenters. The number of nitrogens with one attached hydrogen (secondary N) is 1. The normalized spacial score (nSPS) is 13.8. The van der Waals surface area contributed by atoms with E-state index in [2.05, 4.69) is 5.32 Å². The van der Waals surface area contributed by atoms with Gasteiger partial charge >= 0.3 is 0 Å². The van der Waals surface area contributed by atoms with Crippen molar-refractivity contribution >= 4 is 11.8 Å². The second-order valence-electron chi connectivity index (χ2n) is 5.56. The second-order valence-corrected chi connectivity index (χ2v) is 5.56. The van der Waals surface area contributed by atoms with E-state index in [-0.39, 0.29) is 18.2 Å². The lowest BCUT2D eigenvalue weighted by molar-refractivity contribution is -0.133. The van der Waals surface area contributed by atoms with Crippen LogP contribution in [0.25, 0.3) is 0 Å². The van der Waals surface area contributed by atoms with Crippen LogP contribution in [0.3, 0.4) is 0 Å². The number of amides is 2. The number of nitrogens with two attached hydrogens (primary N) is 1. The summed E-state index contributed by atoms with van der Waals surface area (Å²) < 4.78 is 0. The zero-order valence-electron chi connectivity index (χ0n) is 12.7. The van der Waals surface area contributed by atoms with E-state index in [9.17, 15) is 9.59 Å². The number of benzene rings is 1. The lowest BCUT2D eigenvalue weighted by Gasteiger charge is -2.34. The summed E-state index contributed by atoms with van der Waals surface area (Å²) in [6.07, 6.45) is 0.739. The summed E-state index contributed by atoms with van der Waals surface area (Å²) in [5.41, 5.74) is 6.56. The molecule has 110 valence electrons. The third-order valence-electron chi connectivity index (χ3n) is 3.79. The predicted octanol–water partition coefficient (Wildman–Crippen LogP) is 1.94. The third-order valence-corrected chi connectivity index (χ3v) is 3.79. The van der Waals surface area contributed by atoms with Crippen LogP contribution in [0.4, 0.5) is 0 Å². The zero-order valence-corrected chi connectivity index (χ0v) is 12.7. The van der Waals surface area contributed by atoms with Crippen LogP contribution in [-0.4, -0.2) is 17.4 Å². The standard InChI is InChI=1S/C16H24N2O2/c1-5-16(11(2)3,15(17)20)18-14(19)10-13-8-6-7-12(4)9-13/h6-9,11H,5,10H2,1-4H3,(H2,17,20)(H,18,19)/t16-/m0/s1. The van der Waals surface area contributed by atoms with Crippen LogP contribution in [0.5, 0.6) is 0 Å². The van der Waals surface area contributed by atoms with Gasteiger partial charge in [-0.05, 0) is 24.8 Å². The highest BCUT2D eigenvalue weighted by molar-refractivity contribution is 5.91. The van der Waals surface area contributed by atoms with E-state index in [0.717, 1.165) is 11.1 Å². The van der Waals surface area contributed by atoms with Crippen molar-refractivity contribution in [2.45, 2.75) is 46.1 Å². The second kappa shape index (κ2) is 6.55. The van der Waals surface area contributed by atoms with E-state index in [1.165, 1.54) is 0 Å². The Morgan fingerprint density at radius 1 is 1.35 bits per heavy atom. The van der Waals surface area contributed by atoms with Crippen molar-refractivity contribution in [3.05, 3.63) is 35.4 Å². The molecule has 0 saturated carbocycles. The van der Waals surface area contributed by atoms with Crippen molar-refractivity contribution in [3.8, 4) is 0 Å². The third kappa shape index (κ3) is 3.59. The molecule has 1 aromatic carbocycles. The molecule has 0 heterocycles. The van der Waals surface area contributed by atoms with Gasteiger partial charge in [0.25, 0.3) is 0 Å². The molecule has 2 amide bonds. The Bertz CT molecular complexity index is 497. The maximum Gasteiger partial charge on any atom is 0.243 e. The fourth-order valence-electron chi connectivity index (χ4n) is 2.46. The number of hydrogen-bond donors (Lipinski definition) is 2. The van der Waals surface area contributed by atoms with Crippen LogP contribution in [0.2, 0.25) is 0 Å². The zero-order chi connectivity index (χ0) is 15.3. The van der Waals surface area contributed by atoms with Crippen LogP contribution in [0.15, 0.2) is 24.3 Å². The summed E-state index contributed by atoms with van der Waals surface area (Å²) in [5, 5.41) is 2.83. The van der Waals surface area contributed by atoms with Crippen molar-refractivity contribution in [2.75, 3.05) is 0 Å². The number of carbonyl (C=O) groups excluding carboxylic acids is 2. The Hall–Kier alpha value is -1.84. The monoisotopic (exact) mass is 276 g/mol. The molecule has 0 aliphatic carbocycles. The van der Waals surface area contributed by atoms with E-state index in [0.29, 0.717) is 6.42 Å². The lowest BCUT2D eigenvalue weighted by atomic mass is 9.83. The molecule has 3 N–H and O–H groups in total. The van der Waals surface area contributed by atoms with Gasteiger partial charge in [0.2, 0.25) is 11.8 Å². The average molecular weight is 276 g/mol. The van der Waals surface area contributed by atoms with E-state index in [1.54, 1.807) is 0 Å². The first-order valence-corrected chi connectivity index (χ1v) is 6.98. The molecule has 1 atom stereocenters. The number of hydrogen-bond acceptors (Lipinski definition) is 2. The summed E-state index contributed by atoms with van der Waals surface area (Å²) >= 11 is 0. The summed E-state index contributed by atoms with van der Waals surface area (Å²) in [5.74, 6) is -0.705. The van der Waals surface area contributed by atoms with E-state index in [4.69, 9.17) is 5.73 Å². The molecule has 0 aliphatic rings. The van der Waals surface area contributed by atoms with Gasteiger partial charge in [0.1, 0.15) is 5.54 Å². The van der Waals surface area contributed by atoms with E-state index >= 15 is 0 Å². The molecule has 4 nitrogen and oxygen atoms in total. The number of primary amides is 1. The molecule has 1 aromatic rings. The Labute approximate surface area is 120 Å². The van der Waals surface area contributed by atoms with Gasteiger partial charge in [-0.25, -0.2) is 0 Å². The minimum absolute atomic E-state index is 0.0496. The van der Waals surface area contributed by atoms with Gasteiger partial charge in [-0.3, -0.25) is 9.59 Å². The smallest absolute Gasteiger partial charge is 0.243 e. The maximum atomic E-state index is 12.2. The van der Waals surface area contributed by atoms with Gasteiger partial charge in [-0.15, -0.1) is 0 Å². The molecule has 0 aromatic heterocycles. The van der Waals surface area contributed by atoms with E-state index in [1.807, 2.05) is 52.0 Å². The molecule has 0 radical (unpaired) electrons. The minimum atomic E-state index is -0.971. The topological polar surface area (TPSA) is 72.2 Å². The van der Waals surface area contributed by atoms with Crippen LogP contribution in [-0.2, 0) is 16.0 Å². The highest BCUT2D eigenvalue weighted by Gasteiger charge is 2.39. The Morgan fingerprint density at radius 2 is 2.00 bits per heavy atom. The van der Waals surface area contributed by atoms with Gasteiger partial charge in [-0.1, -0.05) is 50.6 Å². The molecular weight excluding hydrogens is 252 g/mol.